The summed E-state index contributed by atoms with van der Waals surface area (Å²) in [7, 11) is 4.06. The van der Waals surface area contributed by atoms with Gasteiger partial charge >= 0.3 is 6.03 Å². The SMILES string of the molecule is CC1CCN(c2ccc(NC(=O)NCCCN(C)C)cc2)CC1. The maximum atomic E-state index is 11.8. The zero-order valence-electron chi connectivity index (χ0n) is 14.6. The van der Waals surface area contributed by atoms with Crippen LogP contribution in [-0.4, -0.2) is 51.2 Å². The van der Waals surface area contributed by atoms with Crippen LogP contribution in [-0.2, 0) is 0 Å². The minimum absolute atomic E-state index is 0.136. The van der Waals surface area contributed by atoms with E-state index >= 15 is 0 Å². The van der Waals surface area contributed by atoms with E-state index in [1.165, 1.54) is 18.5 Å². The largest absolute Gasteiger partial charge is 0.372 e. The summed E-state index contributed by atoms with van der Waals surface area (Å²) >= 11 is 0. The molecule has 1 saturated heterocycles. The molecule has 0 atom stereocenters. The highest BCUT2D eigenvalue weighted by Gasteiger charge is 2.15. The van der Waals surface area contributed by atoms with E-state index < -0.39 is 0 Å². The van der Waals surface area contributed by atoms with E-state index in [4.69, 9.17) is 0 Å². The fraction of sp³-hybridized carbons (Fsp3) is 0.611. The van der Waals surface area contributed by atoms with Crippen LogP contribution in [0.15, 0.2) is 24.3 Å². The van der Waals surface area contributed by atoms with Gasteiger partial charge in [-0.1, -0.05) is 6.92 Å². The molecule has 0 unspecified atom stereocenters. The normalized spacial score (nSPS) is 15.7. The number of nitrogens with zero attached hydrogens (tertiary/aromatic N) is 2. The van der Waals surface area contributed by atoms with E-state index in [1.54, 1.807) is 0 Å². The first-order valence-corrected chi connectivity index (χ1v) is 8.59. The molecule has 0 radical (unpaired) electrons. The van der Waals surface area contributed by atoms with Crippen molar-refractivity contribution >= 4 is 17.4 Å². The summed E-state index contributed by atoms with van der Waals surface area (Å²) in [5.41, 5.74) is 2.08. The Morgan fingerprint density at radius 1 is 1.22 bits per heavy atom. The summed E-state index contributed by atoms with van der Waals surface area (Å²) in [6, 6.07) is 8.01. The number of carbonyl (C=O) groups is 1. The van der Waals surface area contributed by atoms with Gasteiger partial charge in [0.05, 0.1) is 0 Å². The second kappa shape index (κ2) is 8.77. The van der Waals surface area contributed by atoms with Crippen molar-refractivity contribution in [1.29, 1.82) is 0 Å². The van der Waals surface area contributed by atoms with E-state index in [0.717, 1.165) is 37.7 Å². The number of piperidine rings is 1. The number of nitrogens with one attached hydrogen (secondary N) is 2. The molecule has 1 aromatic rings. The molecule has 2 rings (SSSR count). The Kier molecular flexibility index (Phi) is 6.71. The molecule has 1 heterocycles. The average molecular weight is 318 g/mol. The van der Waals surface area contributed by atoms with Crippen LogP contribution >= 0.6 is 0 Å². The molecule has 0 aliphatic carbocycles. The number of anilines is 2. The summed E-state index contributed by atoms with van der Waals surface area (Å²) in [5.74, 6) is 0.836. The van der Waals surface area contributed by atoms with Crippen molar-refractivity contribution in [2.45, 2.75) is 26.2 Å². The van der Waals surface area contributed by atoms with Gasteiger partial charge in [-0.05, 0) is 70.1 Å². The highest BCUT2D eigenvalue weighted by molar-refractivity contribution is 5.89. The Hall–Kier alpha value is -1.75. The van der Waals surface area contributed by atoms with Crippen LogP contribution in [0.4, 0.5) is 16.2 Å². The second-order valence-corrected chi connectivity index (χ2v) is 6.75. The topological polar surface area (TPSA) is 47.6 Å². The summed E-state index contributed by atoms with van der Waals surface area (Å²) in [6.07, 6.45) is 3.47. The highest BCUT2D eigenvalue weighted by atomic mass is 16.2. The fourth-order valence-electron chi connectivity index (χ4n) is 2.79. The number of rotatable bonds is 6. The molecule has 128 valence electrons. The third-order valence-electron chi connectivity index (χ3n) is 4.34. The molecule has 5 heteroatoms. The number of benzene rings is 1. The van der Waals surface area contributed by atoms with E-state index in [9.17, 15) is 4.79 Å². The maximum absolute atomic E-state index is 11.8. The highest BCUT2D eigenvalue weighted by Crippen LogP contribution is 2.24. The Morgan fingerprint density at radius 2 is 1.87 bits per heavy atom. The summed E-state index contributed by atoms with van der Waals surface area (Å²) < 4.78 is 0. The van der Waals surface area contributed by atoms with Crippen LogP contribution in [0.5, 0.6) is 0 Å². The molecule has 0 spiro atoms. The van der Waals surface area contributed by atoms with E-state index in [2.05, 4.69) is 39.5 Å². The lowest BCUT2D eigenvalue weighted by Crippen LogP contribution is -2.32. The van der Waals surface area contributed by atoms with Crippen LogP contribution in [0.1, 0.15) is 26.2 Å². The molecule has 5 nitrogen and oxygen atoms in total. The molecule has 0 bridgehead atoms. The fourth-order valence-corrected chi connectivity index (χ4v) is 2.79. The molecule has 2 N–H and O–H groups in total. The molecule has 23 heavy (non-hydrogen) atoms. The third-order valence-corrected chi connectivity index (χ3v) is 4.34. The Bertz CT molecular complexity index is 478. The van der Waals surface area contributed by atoms with Gasteiger partial charge in [-0.2, -0.15) is 0 Å². The van der Waals surface area contributed by atoms with Crippen LogP contribution in [0.2, 0.25) is 0 Å². The smallest absolute Gasteiger partial charge is 0.319 e. The minimum Gasteiger partial charge on any atom is -0.372 e. The molecule has 0 aromatic heterocycles. The van der Waals surface area contributed by atoms with Crippen molar-refractivity contribution < 1.29 is 4.79 Å². The van der Waals surface area contributed by atoms with Gasteiger partial charge in [0.15, 0.2) is 0 Å². The molecule has 1 fully saturated rings. The first kappa shape index (κ1) is 17.6. The number of urea groups is 1. The zero-order chi connectivity index (χ0) is 16.7. The number of hydrogen-bond donors (Lipinski definition) is 2. The lowest BCUT2D eigenvalue weighted by Gasteiger charge is -2.32. The van der Waals surface area contributed by atoms with Crippen LogP contribution in [0.3, 0.4) is 0 Å². The number of carbonyl (C=O) groups excluding carboxylic acids is 1. The van der Waals surface area contributed by atoms with Gasteiger partial charge in [0, 0.05) is 31.0 Å². The Morgan fingerprint density at radius 3 is 2.48 bits per heavy atom. The van der Waals surface area contributed by atoms with Crippen molar-refractivity contribution in [3.8, 4) is 0 Å². The lowest BCUT2D eigenvalue weighted by molar-refractivity contribution is 0.251. The van der Waals surface area contributed by atoms with Gasteiger partial charge in [0.2, 0.25) is 0 Å². The summed E-state index contributed by atoms with van der Waals surface area (Å²) in [5, 5.41) is 5.77. The predicted molar refractivity (Wildman–Crippen MR) is 97.2 cm³/mol. The molecular formula is C18H30N4O. The Labute approximate surface area is 140 Å². The van der Waals surface area contributed by atoms with Crippen molar-refractivity contribution in [3.63, 3.8) is 0 Å². The van der Waals surface area contributed by atoms with Gasteiger partial charge in [0.1, 0.15) is 0 Å². The van der Waals surface area contributed by atoms with Crippen LogP contribution in [0, 0.1) is 5.92 Å². The van der Waals surface area contributed by atoms with Gasteiger partial charge in [0.25, 0.3) is 0 Å². The minimum atomic E-state index is -0.136. The summed E-state index contributed by atoms with van der Waals surface area (Å²) in [6.45, 7) is 6.24. The number of amides is 2. The van der Waals surface area contributed by atoms with E-state index in [1.807, 2.05) is 26.2 Å². The van der Waals surface area contributed by atoms with E-state index in [-0.39, 0.29) is 6.03 Å². The van der Waals surface area contributed by atoms with Crippen molar-refractivity contribution in [2.75, 3.05) is 50.5 Å². The first-order chi connectivity index (χ1) is 11.0. The molecule has 0 saturated carbocycles. The zero-order valence-corrected chi connectivity index (χ0v) is 14.6. The van der Waals surface area contributed by atoms with Gasteiger partial charge < -0.3 is 20.4 Å². The molecule has 1 aliphatic rings. The monoisotopic (exact) mass is 318 g/mol. The maximum Gasteiger partial charge on any atom is 0.319 e. The molecule has 1 aromatic carbocycles. The quantitative estimate of drug-likeness (QED) is 0.793. The molecule has 2 amide bonds. The van der Waals surface area contributed by atoms with Crippen LogP contribution < -0.4 is 15.5 Å². The second-order valence-electron chi connectivity index (χ2n) is 6.75. The first-order valence-electron chi connectivity index (χ1n) is 8.59. The summed E-state index contributed by atoms with van der Waals surface area (Å²) in [4.78, 5) is 16.4. The average Bonchev–Trinajstić information content (AvgIpc) is 2.53. The van der Waals surface area contributed by atoms with Crippen LogP contribution in [0.25, 0.3) is 0 Å². The number of hydrogen-bond acceptors (Lipinski definition) is 3. The van der Waals surface area contributed by atoms with E-state index in [0.29, 0.717) is 6.54 Å². The standard InChI is InChI=1S/C18H30N4O/c1-15-9-13-22(14-10-15)17-7-5-16(6-8-17)20-18(23)19-11-4-12-21(2)3/h5-8,15H,4,9-14H2,1-3H3,(H2,19,20,23). The third kappa shape index (κ3) is 6.10. The lowest BCUT2D eigenvalue weighted by atomic mass is 9.99. The van der Waals surface area contributed by atoms with Gasteiger partial charge in [-0.15, -0.1) is 0 Å². The molecule has 1 aliphatic heterocycles. The Balaban J connectivity index is 1.75. The van der Waals surface area contributed by atoms with Gasteiger partial charge in [-0.3, -0.25) is 0 Å². The predicted octanol–water partition coefficient (Wildman–Crippen LogP) is 3.00. The van der Waals surface area contributed by atoms with Crippen molar-refractivity contribution in [1.82, 2.24) is 10.2 Å². The van der Waals surface area contributed by atoms with Crippen molar-refractivity contribution in [3.05, 3.63) is 24.3 Å². The molecular weight excluding hydrogens is 288 g/mol. The van der Waals surface area contributed by atoms with Gasteiger partial charge in [-0.25, -0.2) is 4.79 Å². The van der Waals surface area contributed by atoms with Crippen molar-refractivity contribution in [2.24, 2.45) is 5.92 Å².